The third-order valence-electron chi connectivity index (χ3n) is 1.98. The molecule has 0 radical (unpaired) electrons. The number of hydrogen-bond donors (Lipinski definition) is 1. The van der Waals surface area contributed by atoms with Gasteiger partial charge in [0.2, 0.25) is 0 Å². The number of aryl methyl sites for hydroxylation is 1. The molecule has 0 unspecified atom stereocenters. The maximum absolute atomic E-state index is 9.08. The zero-order valence-corrected chi connectivity index (χ0v) is 9.42. The van der Waals surface area contributed by atoms with Crippen LogP contribution in [0.15, 0.2) is 28.7 Å². The van der Waals surface area contributed by atoms with Crippen LogP contribution in [-0.2, 0) is 6.42 Å². The van der Waals surface area contributed by atoms with E-state index in [1.807, 2.05) is 19.1 Å². The van der Waals surface area contributed by atoms with Crippen LogP contribution in [0, 0.1) is 0 Å². The summed E-state index contributed by atoms with van der Waals surface area (Å²) in [6.07, 6.45) is 2.80. The molecular weight excluding hydrogens is 228 g/mol. The molecule has 1 atom stereocenters. The van der Waals surface area contributed by atoms with Crippen molar-refractivity contribution in [3.8, 4) is 0 Å². The SMILES string of the molecule is C[C@@H](O)CCCc1cccc(Br)c1. The molecule has 0 bridgehead atoms. The predicted molar refractivity (Wildman–Crippen MR) is 58.8 cm³/mol. The Kier molecular flexibility index (Phi) is 4.46. The van der Waals surface area contributed by atoms with E-state index < -0.39 is 0 Å². The van der Waals surface area contributed by atoms with Crippen molar-refractivity contribution in [3.63, 3.8) is 0 Å². The van der Waals surface area contributed by atoms with Gasteiger partial charge in [-0.05, 0) is 43.9 Å². The van der Waals surface area contributed by atoms with E-state index in [0.717, 1.165) is 23.7 Å². The maximum Gasteiger partial charge on any atom is 0.0512 e. The summed E-state index contributed by atoms with van der Waals surface area (Å²) in [5.41, 5.74) is 1.33. The van der Waals surface area contributed by atoms with Gasteiger partial charge >= 0.3 is 0 Å². The molecule has 13 heavy (non-hydrogen) atoms. The smallest absolute Gasteiger partial charge is 0.0512 e. The summed E-state index contributed by atoms with van der Waals surface area (Å²) in [5, 5.41) is 9.08. The van der Waals surface area contributed by atoms with Crippen LogP contribution in [-0.4, -0.2) is 11.2 Å². The van der Waals surface area contributed by atoms with Gasteiger partial charge < -0.3 is 5.11 Å². The molecule has 0 aromatic heterocycles. The van der Waals surface area contributed by atoms with Crippen LogP contribution in [0.2, 0.25) is 0 Å². The van der Waals surface area contributed by atoms with Gasteiger partial charge in [-0.2, -0.15) is 0 Å². The van der Waals surface area contributed by atoms with Crippen molar-refractivity contribution in [3.05, 3.63) is 34.3 Å². The molecule has 1 aromatic carbocycles. The fourth-order valence-electron chi connectivity index (χ4n) is 1.29. The van der Waals surface area contributed by atoms with E-state index in [-0.39, 0.29) is 6.10 Å². The number of aliphatic hydroxyl groups is 1. The Hall–Kier alpha value is -0.340. The van der Waals surface area contributed by atoms with Gasteiger partial charge in [0.25, 0.3) is 0 Å². The second kappa shape index (κ2) is 5.40. The molecule has 1 nitrogen and oxygen atoms in total. The van der Waals surface area contributed by atoms with Crippen molar-refractivity contribution in [2.24, 2.45) is 0 Å². The van der Waals surface area contributed by atoms with E-state index in [2.05, 4.69) is 28.1 Å². The van der Waals surface area contributed by atoms with Gasteiger partial charge in [0.1, 0.15) is 0 Å². The maximum atomic E-state index is 9.08. The van der Waals surface area contributed by atoms with Crippen LogP contribution in [0.5, 0.6) is 0 Å². The largest absolute Gasteiger partial charge is 0.393 e. The van der Waals surface area contributed by atoms with Crippen molar-refractivity contribution in [1.82, 2.24) is 0 Å². The van der Waals surface area contributed by atoms with Crippen LogP contribution in [0.3, 0.4) is 0 Å². The van der Waals surface area contributed by atoms with Crippen LogP contribution in [0.1, 0.15) is 25.3 Å². The van der Waals surface area contributed by atoms with Gasteiger partial charge in [0, 0.05) is 4.47 Å². The topological polar surface area (TPSA) is 20.2 Å². The van der Waals surface area contributed by atoms with Gasteiger partial charge in [-0.25, -0.2) is 0 Å². The Morgan fingerprint density at radius 3 is 2.85 bits per heavy atom. The van der Waals surface area contributed by atoms with Gasteiger partial charge in [-0.3, -0.25) is 0 Å². The van der Waals surface area contributed by atoms with Crippen LogP contribution >= 0.6 is 15.9 Å². The molecule has 0 heterocycles. The van der Waals surface area contributed by atoms with E-state index in [9.17, 15) is 0 Å². The number of rotatable bonds is 4. The highest BCUT2D eigenvalue weighted by molar-refractivity contribution is 9.10. The molecule has 0 saturated heterocycles. The van der Waals surface area contributed by atoms with E-state index in [1.165, 1.54) is 5.56 Å². The Morgan fingerprint density at radius 1 is 1.46 bits per heavy atom. The summed E-state index contributed by atoms with van der Waals surface area (Å²) in [4.78, 5) is 0. The Morgan fingerprint density at radius 2 is 2.23 bits per heavy atom. The summed E-state index contributed by atoms with van der Waals surface area (Å²) in [6.45, 7) is 1.83. The lowest BCUT2D eigenvalue weighted by atomic mass is 10.1. The molecule has 0 aliphatic heterocycles. The second-order valence-corrected chi connectivity index (χ2v) is 4.29. The van der Waals surface area contributed by atoms with E-state index in [0.29, 0.717) is 0 Å². The quantitative estimate of drug-likeness (QED) is 0.861. The molecular formula is C11H15BrO. The van der Waals surface area contributed by atoms with Crippen molar-refractivity contribution >= 4 is 15.9 Å². The van der Waals surface area contributed by atoms with E-state index in [1.54, 1.807) is 0 Å². The Bertz CT molecular complexity index is 258. The average molecular weight is 243 g/mol. The predicted octanol–water partition coefficient (Wildman–Crippen LogP) is 3.15. The van der Waals surface area contributed by atoms with Crippen LogP contribution in [0.25, 0.3) is 0 Å². The molecule has 72 valence electrons. The van der Waals surface area contributed by atoms with Gasteiger partial charge in [-0.1, -0.05) is 28.1 Å². The fraction of sp³-hybridized carbons (Fsp3) is 0.455. The van der Waals surface area contributed by atoms with Crippen molar-refractivity contribution in [2.75, 3.05) is 0 Å². The first-order chi connectivity index (χ1) is 6.18. The van der Waals surface area contributed by atoms with Gasteiger partial charge in [0.05, 0.1) is 6.10 Å². The first-order valence-electron chi connectivity index (χ1n) is 4.61. The molecule has 0 amide bonds. The van der Waals surface area contributed by atoms with E-state index in [4.69, 9.17) is 5.11 Å². The van der Waals surface area contributed by atoms with Gasteiger partial charge in [0.15, 0.2) is 0 Å². The summed E-state index contributed by atoms with van der Waals surface area (Å²) in [5.74, 6) is 0. The second-order valence-electron chi connectivity index (χ2n) is 3.37. The lowest BCUT2D eigenvalue weighted by Gasteiger charge is -2.04. The molecule has 0 fully saturated rings. The fourth-order valence-corrected chi connectivity index (χ4v) is 1.74. The summed E-state index contributed by atoms with van der Waals surface area (Å²) in [7, 11) is 0. The highest BCUT2D eigenvalue weighted by atomic mass is 79.9. The third kappa shape index (κ3) is 4.44. The van der Waals surface area contributed by atoms with Crippen LogP contribution < -0.4 is 0 Å². The monoisotopic (exact) mass is 242 g/mol. The van der Waals surface area contributed by atoms with Crippen molar-refractivity contribution < 1.29 is 5.11 Å². The molecule has 0 aliphatic rings. The normalized spacial score (nSPS) is 12.8. The average Bonchev–Trinajstić information content (AvgIpc) is 2.03. The number of halogens is 1. The molecule has 0 saturated carbocycles. The molecule has 1 aromatic rings. The summed E-state index contributed by atoms with van der Waals surface area (Å²) in [6, 6.07) is 8.31. The minimum atomic E-state index is -0.174. The minimum Gasteiger partial charge on any atom is -0.393 e. The minimum absolute atomic E-state index is 0.174. The van der Waals surface area contributed by atoms with Crippen molar-refractivity contribution in [2.45, 2.75) is 32.3 Å². The van der Waals surface area contributed by atoms with E-state index >= 15 is 0 Å². The third-order valence-corrected chi connectivity index (χ3v) is 2.47. The first kappa shape index (κ1) is 10.7. The lowest BCUT2D eigenvalue weighted by molar-refractivity contribution is 0.182. The first-order valence-corrected chi connectivity index (χ1v) is 5.40. The molecule has 1 rings (SSSR count). The Balaban J connectivity index is 2.37. The van der Waals surface area contributed by atoms with Crippen LogP contribution in [0.4, 0.5) is 0 Å². The standard InChI is InChI=1S/C11H15BrO/c1-9(13)4-2-5-10-6-3-7-11(12)8-10/h3,6-9,13H,2,4-5H2,1H3/t9-/m1/s1. The number of aliphatic hydroxyl groups excluding tert-OH is 1. The summed E-state index contributed by atoms with van der Waals surface area (Å²) < 4.78 is 1.13. The molecule has 2 heteroatoms. The number of hydrogen-bond acceptors (Lipinski definition) is 1. The molecule has 0 spiro atoms. The Labute approximate surface area is 87.9 Å². The highest BCUT2D eigenvalue weighted by Crippen LogP contribution is 2.13. The molecule has 0 aliphatic carbocycles. The molecule has 1 N–H and O–H groups in total. The van der Waals surface area contributed by atoms with Gasteiger partial charge in [-0.15, -0.1) is 0 Å². The summed E-state index contributed by atoms with van der Waals surface area (Å²) >= 11 is 3.43. The zero-order chi connectivity index (χ0) is 9.68. The number of benzene rings is 1. The highest BCUT2D eigenvalue weighted by Gasteiger charge is 1.97. The van der Waals surface area contributed by atoms with Crippen molar-refractivity contribution in [1.29, 1.82) is 0 Å². The zero-order valence-electron chi connectivity index (χ0n) is 7.83. The lowest BCUT2D eigenvalue weighted by Crippen LogP contribution is -1.99.